The summed E-state index contributed by atoms with van der Waals surface area (Å²) in [6.45, 7) is 6.98. The van der Waals surface area contributed by atoms with Gasteiger partial charge in [0, 0.05) is 13.0 Å². The van der Waals surface area contributed by atoms with E-state index in [0.29, 0.717) is 38.3 Å². The molecule has 0 aliphatic rings. The van der Waals surface area contributed by atoms with Crippen LogP contribution in [-0.4, -0.2) is 30.1 Å². The highest BCUT2D eigenvalue weighted by molar-refractivity contribution is 5.76. The standard InChI is InChI=1S/C14H28N2O3/c1-10(2)7-12(9-15)8-13(17)16-6-4-5-11(3)14(18)19/h10-12H,4-9,15H2,1-3H3,(H,16,17)(H,18,19). The maximum absolute atomic E-state index is 11.7. The molecule has 0 spiro atoms. The van der Waals surface area contributed by atoms with Gasteiger partial charge < -0.3 is 16.2 Å². The van der Waals surface area contributed by atoms with Gasteiger partial charge in [0.25, 0.3) is 0 Å². The molecule has 112 valence electrons. The lowest BCUT2D eigenvalue weighted by Crippen LogP contribution is -2.29. The van der Waals surface area contributed by atoms with Crippen LogP contribution in [0.5, 0.6) is 0 Å². The molecule has 0 aliphatic carbocycles. The van der Waals surface area contributed by atoms with Gasteiger partial charge in [-0.2, -0.15) is 0 Å². The van der Waals surface area contributed by atoms with Gasteiger partial charge in [-0.15, -0.1) is 0 Å². The number of hydrogen-bond donors (Lipinski definition) is 3. The molecule has 19 heavy (non-hydrogen) atoms. The minimum atomic E-state index is -0.786. The lowest BCUT2D eigenvalue weighted by atomic mass is 9.94. The van der Waals surface area contributed by atoms with Crippen LogP contribution in [0.2, 0.25) is 0 Å². The van der Waals surface area contributed by atoms with Crippen LogP contribution in [0.25, 0.3) is 0 Å². The number of carboxylic acids is 1. The van der Waals surface area contributed by atoms with Crippen LogP contribution in [0, 0.1) is 17.8 Å². The van der Waals surface area contributed by atoms with Crippen molar-refractivity contribution >= 4 is 11.9 Å². The molecular weight excluding hydrogens is 244 g/mol. The SMILES string of the molecule is CC(C)CC(CN)CC(=O)NCCCC(C)C(=O)O. The zero-order chi connectivity index (χ0) is 14.8. The highest BCUT2D eigenvalue weighted by Gasteiger charge is 2.14. The summed E-state index contributed by atoms with van der Waals surface area (Å²) in [7, 11) is 0. The minimum Gasteiger partial charge on any atom is -0.481 e. The number of rotatable bonds is 10. The summed E-state index contributed by atoms with van der Waals surface area (Å²) < 4.78 is 0. The molecule has 4 N–H and O–H groups in total. The average molecular weight is 272 g/mol. The van der Waals surface area contributed by atoms with Crippen LogP contribution in [-0.2, 0) is 9.59 Å². The largest absolute Gasteiger partial charge is 0.481 e. The fraction of sp³-hybridized carbons (Fsp3) is 0.857. The summed E-state index contributed by atoms with van der Waals surface area (Å²) in [6, 6.07) is 0. The molecule has 0 radical (unpaired) electrons. The van der Waals surface area contributed by atoms with E-state index >= 15 is 0 Å². The Balaban J connectivity index is 3.77. The van der Waals surface area contributed by atoms with E-state index in [2.05, 4.69) is 19.2 Å². The number of nitrogens with one attached hydrogen (secondary N) is 1. The summed E-state index contributed by atoms with van der Waals surface area (Å²) in [5.74, 6) is -0.351. The fourth-order valence-electron chi connectivity index (χ4n) is 2.02. The number of carbonyl (C=O) groups is 2. The number of hydrogen-bond acceptors (Lipinski definition) is 3. The highest BCUT2D eigenvalue weighted by atomic mass is 16.4. The lowest BCUT2D eigenvalue weighted by molar-refractivity contribution is -0.141. The predicted octanol–water partition coefficient (Wildman–Crippen LogP) is 1.61. The quantitative estimate of drug-likeness (QED) is 0.527. The van der Waals surface area contributed by atoms with Gasteiger partial charge in [0.15, 0.2) is 0 Å². The third-order valence-corrected chi connectivity index (χ3v) is 3.17. The monoisotopic (exact) mass is 272 g/mol. The second-order valence-electron chi connectivity index (χ2n) is 5.67. The van der Waals surface area contributed by atoms with Gasteiger partial charge >= 0.3 is 5.97 Å². The highest BCUT2D eigenvalue weighted by Crippen LogP contribution is 2.14. The molecule has 1 amide bonds. The predicted molar refractivity (Wildman–Crippen MR) is 75.7 cm³/mol. The lowest BCUT2D eigenvalue weighted by Gasteiger charge is -2.16. The van der Waals surface area contributed by atoms with E-state index in [9.17, 15) is 9.59 Å². The third kappa shape index (κ3) is 9.47. The van der Waals surface area contributed by atoms with Gasteiger partial charge in [-0.05, 0) is 37.6 Å². The van der Waals surface area contributed by atoms with Crippen LogP contribution in [0.1, 0.15) is 46.5 Å². The Morgan fingerprint density at radius 1 is 1.26 bits per heavy atom. The molecule has 0 heterocycles. The maximum Gasteiger partial charge on any atom is 0.306 e. The molecule has 0 bridgehead atoms. The molecule has 2 atom stereocenters. The number of carbonyl (C=O) groups excluding carboxylic acids is 1. The van der Waals surface area contributed by atoms with Crippen molar-refractivity contribution in [2.24, 2.45) is 23.5 Å². The molecule has 0 saturated carbocycles. The Kier molecular flexibility index (Phi) is 9.21. The van der Waals surface area contributed by atoms with Crippen molar-refractivity contribution < 1.29 is 14.7 Å². The van der Waals surface area contributed by atoms with Crippen LogP contribution in [0.4, 0.5) is 0 Å². The Morgan fingerprint density at radius 2 is 1.89 bits per heavy atom. The van der Waals surface area contributed by atoms with E-state index < -0.39 is 5.97 Å². The molecule has 2 unspecified atom stereocenters. The Morgan fingerprint density at radius 3 is 2.37 bits per heavy atom. The number of nitrogens with two attached hydrogens (primary N) is 1. The topological polar surface area (TPSA) is 92.4 Å². The normalized spacial score (nSPS) is 14.2. The van der Waals surface area contributed by atoms with Gasteiger partial charge in [0.2, 0.25) is 5.91 Å². The van der Waals surface area contributed by atoms with Gasteiger partial charge in [-0.1, -0.05) is 20.8 Å². The van der Waals surface area contributed by atoms with E-state index in [0.717, 1.165) is 6.42 Å². The van der Waals surface area contributed by atoms with E-state index in [1.54, 1.807) is 6.92 Å². The molecule has 5 heteroatoms. The number of amides is 1. The molecule has 0 aromatic carbocycles. The second kappa shape index (κ2) is 9.78. The average Bonchev–Trinajstić information content (AvgIpc) is 2.32. The van der Waals surface area contributed by atoms with Gasteiger partial charge in [-0.3, -0.25) is 9.59 Å². The minimum absolute atomic E-state index is 0.0130. The van der Waals surface area contributed by atoms with Gasteiger partial charge in [0.1, 0.15) is 0 Å². The summed E-state index contributed by atoms with van der Waals surface area (Å²) in [5, 5.41) is 11.6. The van der Waals surface area contributed by atoms with Crippen molar-refractivity contribution in [2.75, 3.05) is 13.1 Å². The molecular formula is C14H28N2O3. The molecule has 0 saturated heterocycles. The summed E-state index contributed by atoms with van der Waals surface area (Å²) >= 11 is 0. The van der Waals surface area contributed by atoms with Crippen LogP contribution >= 0.6 is 0 Å². The maximum atomic E-state index is 11.7. The Labute approximate surface area is 115 Å². The van der Waals surface area contributed by atoms with Crippen LogP contribution in [0.15, 0.2) is 0 Å². The second-order valence-corrected chi connectivity index (χ2v) is 5.67. The molecule has 0 rings (SSSR count). The van der Waals surface area contributed by atoms with Gasteiger partial charge in [0.05, 0.1) is 5.92 Å². The van der Waals surface area contributed by atoms with Gasteiger partial charge in [-0.25, -0.2) is 0 Å². The first-order valence-electron chi connectivity index (χ1n) is 7.06. The van der Waals surface area contributed by atoms with Crippen molar-refractivity contribution in [1.29, 1.82) is 0 Å². The van der Waals surface area contributed by atoms with E-state index in [4.69, 9.17) is 10.8 Å². The van der Waals surface area contributed by atoms with Crippen molar-refractivity contribution in [3.63, 3.8) is 0 Å². The Hall–Kier alpha value is -1.10. The van der Waals surface area contributed by atoms with Crippen LogP contribution < -0.4 is 11.1 Å². The Bertz CT molecular complexity index is 280. The van der Waals surface area contributed by atoms with Crippen molar-refractivity contribution in [3.8, 4) is 0 Å². The zero-order valence-corrected chi connectivity index (χ0v) is 12.3. The number of aliphatic carboxylic acids is 1. The molecule has 0 aromatic rings. The van der Waals surface area contributed by atoms with E-state index in [-0.39, 0.29) is 17.7 Å². The van der Waals surface area contributed by atoms with Crippen molar-refractivity contribution in [1.82, 2.24) is 5.32 Å². The summed E-state index contributed by atoms with van der Waals surface area (Å²) in [6.07, 6.45) is 2.70. The summed E-state index contributed by atoms with van der Waals surface area (Å²) in [4.78, 5) is 22.3. The molecule has 5 nitrogen and oxygen atoms in total. The van der Waals surface area contributed by atoms with E-state index in [1.165, 1.54) is 0 Å². The number of carboxylic acid groups (broad SMARTS) is 1. The fourth-order valence-corrected chi connectivity index (χ4v) is 2.02. The first kappa shape index (κ1) is 17.9. The third-order valence-electron chi connectivity index (χ3n) is 3.17. The first-order valence-corrected chi connectivity index (χ1v) is 7.06. The molecule has 0 fully saturated rings. The molecule has 0 aliphatic heterocycles. The summed E-state index contributed by atoms with van der Waals surface area (Å²) in [5.41, 5.74) is 5.65. The van der Waals surface area contributed by atoms with Crippen LogP contribution in [0.3, 0.4) is 0 Å². The van der Waals surface area contributed by atoms with Crippen molar-refractivity contribution in [3.05, 3.63) is 0 Å². The first-order chi connectivity index (χ1) is 8.86. The smallest absolute Gasteiger partial charge is 0.306 e. The van der Waals surface area contributed by atoms with E-state index in [1.807, 2.05) is 0 Å². The zero-order valence-electron chi connectivity index (χ0n) is 12.3. The van der Waals surface area contributed by atoms with Crippen molar-refractivity contribution in [2.45, 2.75) is 46.5 Å². The molecule has 0 aromatic heterocycles.